The summed E-state index contributed by atoms with van der Waals surface area (Å²) in [6.45, 7) is 0. The Hall–Kier alpha value is -4.00. The second kappa shape index (κ2) is 6.87. The second-order valence-electron chi connectivity index (χ2n) is 6.38. The molecule has 1 aliphatic heterocycles. The number of carbonyl (C=O) groups is 3. The van der Waals surface area contributed by atoms with Crippen LogP contribution in [-0.4, -0.2) is 30.0 Å². The first kappa shape index (κ1) is 18.4. The van der Waals surface area contributed by atoms with Gasteiger partial charge >= 0.3 is 5.97 Å². The lowest BCUT2D eigenvalue weighted by Gasteiger charge is -2.18. The van der Waals surface area contributed by atoms with Gasteiger partial charge in [-0.3, -0.25) is 9.59 Å². The molecule has 4 rings (SSSR count). The lowest BCUT2D eigenvalue weighted by atomic mass is 10.0. The van der Waals surface area contributed by atoms with E-state index >= 15 is 0 Å². The smallest absolute Gasteiger partial charge is 0.337 e. The molecule has 0 saturated carbocycles. The van der Waals surface area contributed by atoms with Crippen LogP contribution in [0.15, 0.2) is 60.7 Å². The molecule has 0 bridgehead atoms. The van der Waals surface area contributed by atoms with Gasteiger partial charge in [0.2, 0.25) is 0 Å². The molecule has 7 heteroatoms. The zero-order chi connectivity index (χ0) is 20.7. The molecule has 1 aliphatic rings. The molecule has 0 radical (unpaired) electrons. The Kier molecular flexibility index (Phi) is 4.35. The average Bonchev–Trinajstić information content (AvgIpc) is 2.98. The number of amides is 2. The fourth-order valence-electron chi connectivity index (χ4n) is 3.33. The van der Waals surface area contributed by atoms with Crippen molar-refractivity contribution in [3.63, 3.8) is 0 Å². The van der Waals surface area contributed by atoms with E-state index in [1.54, 1.807) is 18.2 Å². The van der Waals surface area contributed by atoms with E-state index < -0.39 is 23.6 Å². The van der Waals surface area contributed by atoms with Gasteiger partial charge in [0.15, 0.2) is 11.6 Å². The summed E-state index contributed by atoms with van der Waals surface area (Å²) in [6, 6.07) is 14.7. The van der Waals surface area contributed by atoms with Crippen molar-refractivity contribution in [2.75, 3.05) is 12.0 Å². The number of ether oxygens (including phenoxy) is 1. The number of carboxylic acid groups (broad SMARTS) is 1. The summed E-state index contributed by atoms with van der Waals surface area (Å²) in [4.78, 5) is 38.2. The van der Waals surface area contributed by atoms with Gasteiger partial charge in [-0.2, -0.15) is 0 Å². The molecule has 144 valence electrons. The highest BCUT2D eigenvalue weighted by molar-refractivity contribution is 6.35. The molecule has 2 amide bonds. The third-order valence-corrected chi connectivity index (χ3v) is 4.75. The summed E-state index contributed by atoms with van der Waals surface area (Å²) in [5.74, 6) is -3.02. The number of carbonyl (C=O) groups excluding carboxylic acids is 2. The molecule has 29 heavy (non-hydrogen) atoms. The van der Waals surface area contributed by atoms with Gasteiger partial charge in [0, 0.05) is 0 Å². The van der Waals surface area contributed by atoms with E-state index in [0.29, 0.717) is 11.1 Å². The molecule has 0 unspecified atom stereocenters. The lowest BCUT2D eigenvalue weighted by Crippen LogP contribution is -2.31. The maximum Gasteiger partial charge on any atom is 0.337 e. The van der Waals surface area contributed by atoms with Crippen molar-refractivity contribution in [2.45, 2.75) is 0 Å². The normalized spacial score (nSPS) is 12.8. The van der Waals surface area contributed by atoms with Crippen molar-refractivity contribution in [2.24, 2.45) is 0 Å². The molecule has 1 heterocycles. The van der Waals surface area contributed by atoms with E-state index in [1.165, 1.54) is 49.6 Å². The predicted octanol–water partition coefficient (Wildman–Crippen LogP) is 4.00. The third kappa shape index (κ3) is 2.93. The van der Waals surface area contributed by atoms with Crippen molar-refractivity contribution < 1.29 is 28.6 Å². The van der Waals surface area contributed by atoms with Gasteiger partial charge in [-0.15, -0.1) is 0 Å². The van der Waals surface area contributed by atoms with E-state index in [-0.39, 0.29) is 28.1 Å². The standard InChI is InChI=1S/C22H14FNO5/c1-29-19-9-7-12(10-17(19)23)13-6-8-16(22(27)28)18(11-13)24-20(25)14-4-2-3-5-15(14)21(24)26/h2-11H,1H3,(H,27,28). The van der Waals surface area contributed by atoms with Crippen LogP contribution in [0.2, 0.25) is 0 Å². The number of hydrogen-bond donors (Lipinski definition) is 1. The minimum atomic E-state index is -1.29. The van der Waals surface area contributed by atoms with E-state index in [4.69, 9.17) is 4.74 Å². The van der Waals surface area contributed by atoms with Crippen molar-refractivity contribution in [3.05, 3.63) is 83.2 Å². The fourth-order valence-corrected chi connectivity index (χ4v) is 3.33. The number of aromatic carboxylic acids is 1. The summed E-state index contributed by atoms with van der Waals surface area (Å²) in [7, 11) is 1.35. The highest BCUT2D eigenvalue weighted by Crippen LogP contribution is 2.35. The van der Waals surface area contributed by atoms with Crippen molar-refractivity contribution >= 4 is 23.5 Å². The van der Waals surface area contributed by atoms with Gasteiger partial charge in [0.1, 0.15) is 0 Å². The number of nitrogens with zero attached hydrogens (tertiary/aromatic N) is 1. The van der Waals surface area contributed by atoms with Gasteiger partial charge in [-0.25, -0.2) is 14.1 Å². The summed E-state index contributed by atoms with van der Waals surface area (Å²) in [5, 5.41) is 9.56. The van der Waals surface area contributed by atoms with Crippen molar-refractivity contribution in [1.82, 2.24) is 0 Å². The van der Waals surface area contributed by atoms with Gasteiger partial charge in [0.05, 0.1) is 29.5 Å². The minimum absolute atomic E-state index is 0.0662. The number of fused-ring (bicyclic) bond motifs is 1. The highest BCUT2D eigenvalue weighted by atomic mass is 19.1. The summed E-state index contributed by atoms with van der Waals surface area (Å²) in [5.41, 5.74) is 1.01. The Balaban J connectivity index is 1.86. The maximum atomic E-state index is 14.1. The van der Waals surface area contributed by atoms with Crippen LogP contribution in [-0.2, 0) is 0 Å². The first-order chi connectivity index (χ1) is 13.9. The number of rotatable bonds is 4. The molecule has 6 nitrogen and oxygen atoms in total. The Bertz CT molecular complexity index is 1150. The molecular formula is C22H14FNO5. The first-order valence-corrected chi connectivity index (χ1v) is 8.61. The van der Waals surface area contributed by atoms with E-state index in [9.17, 15) is 23.9 Å². The number of hydrogen-bond acceptors (Lipinski definition) is 4. The molecule has 0 spiro atoms. The van der Waals surface area contributed by atoms with Gasteiger partial charge in [-0.1, -0.05) is 24.3 Å². The number of imide groups is 1. The minimum Gasteiger partial charge on any atom is -0.494 e. The van der Waals surface area contributed by atoms with E-state index in [1.807, 2.05) is 0 Å². The van der Waals surface area contributed by atoms with Gasteiger partial charge < -0.3 is 9.84 Å². The van der Waals surface area contributed by atoms with Crippen LogP contribution in [0.5, 0.6) is 5.75 Å². The zero-order valence-electron chi connectivity index (χ0n) is 15.2. The zero-order valence-corrected chi connectivity index (χ0v) is 15.2. The van der Waals surface area contributed by atoms with Gasteiger partial charge in [0.25, 0.3) is 11.8 Å². The van der Waals surface area contributed by atoms with Crippen LogP contribution in [0.25, 0.3) is 11.1 Å². The highest BCUT2D eigenvalue weighted by Gasteiger charge is 2.38. The van der Waals surface area contributed by atoms with Crippen molar-refractivity contribution in [3.8, 4) is 16.9 Å². The Morgan fingerprint density at radius 3 is 2.07 bits per heavy atom. The monoisotopic (exact) mass is 391 g/mol. The van der Waals surface area contributed by atoms with Crippen LogP contribution in [0.4, 0.5) is 10.1 Å². The predicted molar refractivity (Wildman–Crippen MR) is 103 cm³/mol. The molecule has 0 fully saturated rings. The lowest BCUT2D eigenvalue weighted by molar-refractivity contribution is 0.0698. The number of methoxy groups -OCH3 is 1. The van der Waals surface area contributed by atoms with Crippen LogP contribution >= 0.6 is 0 Å². The molecule has 3 aromatic carbocycles. The molecule has 0 saturated heterocycles. The molecule has 3 aromatic rings. The summed E-state index contributed by atoms with van der Waals surface area (Å²) < 4.78 is 19.0. The SMILES string of the molecule is COc1ccc(-c2ccc(C(=O)O)c(N3C(=O)c4ccccc4C3=O)c2)cc1F. The first-order valence-electron chi connectivity index (χ1n) is 8.61. The largest absolute Gasteiger partial charge is 0.494 e. The topological polar surface area (TPSA) is 83.9 Å². The van der Waals surface area contributed by atoms with E-state index in [0.717, 1.165) is 4.90 Å². The Labute approximate surface area is 164 Å². The molecule has 0 aromatic heterocycles. The fraction of sp³-hybridized carbons (Fsp3) is 0.0455. The van der Waals surface area contributed by atoms with Gasteiger partial charge in [-0.05, 0) is 47.5 Å². The molecule has 0 aliphatic carbocycles. The van der Waals surface area contributed by atoms with Crippen LogP contribution < -0.4 is 9.64 Å². The second-order valence-corrected chi connectivity index (χ2v) is 6.38. The summed E-state index contributed by atoms with van der Waals surface area (Å²) in [6.07, 6.45) is 0. The molecule has 0 atom stereocenters. The third-order valence-electron chi connectivity index (χ3n) is 4.75. The Morgan fingerprint density at radius 2 is 1.52 bits per heavy atom. The number of carboxylic acids is 1. The van der Waals surface area contributed by atoms with E-state index in [2.05, 4.69) is 0 Å². The molecular weight excluding hydrogens is 377 g/mol. The van der Waals surface area contributed by atoms with Crippen LogP contribution in [0.1, 0.15) is 31.1 Å². The Morgan fingerprint density at radius 1 is 0.931 bits per heavy atom. The van der Waals surface area contributed by atoms with Crippen LogP contribution in [0, 0.1) is 5.82 Å². The molecule has 1 N–H and O–H groups in total. The summed E-state index contributed by atoms with van der Waals surface area (Å²) >= 11 is 0. The van der Waals surface area contributed by atoms with Crippen molar-refractivity contribution in [1.29, 1.82) is 0 Å². The number of halogens is 1. The quantitative estimate of drug-likeness (QED) is 0.680. The average molecular weight is 391 g/mol. The van der Waals surface area contributed by atoms with Crippen LogP contribution in [0.3, 0.4) is 0 Å². The number of benzene rings is 3. The maximum absolute atomic E-state index is 14.1. The number of anilines is 1.